The first-order chi connectivity index (χ1) is 10.4. The lowest BCUT2D eigenvalue weighted by molar-refractivity contribution is -0.108. The molecule has 0 fully saturated rings. The van der Waals surface area contributed by atoms with Gasteiger partial charge in [0.1, 0.15) is 12.3 Å². The number of ketones is 1. The first kappa shape index (κ1) is 15.5. The number of hydrogen-bond donors (Lipinski definition) is 1. The fourth-order valence-corrected chi connectivity index (χ4v) is 3.26. The van der Waals surface area contributed by atoms with Gasteiger partial charge in [-0.1, -0.05) is 51.3 Å². The number of alkyl halides is 2. The Balaban J connectivity index is 2.08. The molecule has 2 aromatic rings. The Labute approximate surface area is 145 Å². The molecule has 6 heteroatoms. The number of carbonyl (C=O) groups excluding carboxylic acids is 2. The van der Waals surface area contributed by atoms with E-state index in [9.17, 15) is 9.59 Å². The van der Waals surface area contributed by atoms with Crippen LogP contribution in [0.15, 0.2) is 46.9 Å². The number of nitrogens with one attached hydrogen (secondary N) is 1. The van der Waals surface area contributed by atoms with Gasteiger partial charge in [0.25, 0.3) is 0 Å². The van der Waals surface area contributed by atoms with Crippen molar-refractivity contribution in [3.63, 3.8) is 0 Å². The van der Waals surface area contributed by atoms with Crippen LogP contribution in [0.5, 0.6) is 0 Å². The molecule has 2 aromatic carbocycles. The van der Waals surface area contributed by atoms with Crippen LogP contribution in [0.3, 0.4) is 0 Å². The van der Waals surface area contributed by atoms with Gasteiger partial charge in [-0.3, -0.25) is 4.79 Å². The van der Waals surface area contributed by atoms with Crippen molar-refractivity contribution in [2.45, 2.75) is 10.4 Å². The van der Waals surface area contributed by atoms with Gasteiger partial charge in [-0.2, -0.15) is 0 Å². The molecule has 112 valence electrons. The van der Waals surface area contributed by atoms with E-state index in [-0.39, 0.29) is 5.78 Å². The van der Waals surface area contributed by atoms with Gasteiger partial charge in [0.05, 0.1) is 5.69 Å². The monoisotopic (exact) mass is 397 g/mol. The van der Waals surface area contributed by atoms with Crippen LogP contribution < -0.4 is 5.32 Å². The molecule has 0 radical (unpaired) electrons. The number of carbonyl (C=O) groups is 2. The number of anilines is 1. The molecule has 0 saturated carbocycles. The third-order valence-electron chi connectivity index (χ3n) is 3.60. The summed E-state index contributed by atoms with van der Waals surface area (Å²) in [5, 5.41) is 2.94. The zero-order valence-electron chi connectivity index (χ0n) is 11.1. The zero-order valence-corrected chi connectivity index (χ0v) is 14.2. The summed E-state index contributed by atoms with van der Waals surface area (Å²) in [6.07, 6.45) is 0.647. The minimum absolute atomic E-state index is 0.160. The van der Waals surface area contributed by atoms with E-state index in [0.717, 1.165) is 4.47 Å². The fraction of sp³-hybridized carbons (Fsp3) is 0.125. The highest BCUT2D eigenvalue weighted by atomic mass is 79.9. The third kappa shape index (κ3) is 2.45. The Hall–Kier alpha value is -1.36. The zero-order chi connectivity index (χ0) is 15.9. The predicted molar refractivity (Wildman–Crippen MR) is 90.9 cm³/mol. The van der Waals surface area contributed by atoms with Crippen LogP contribution in [0.2, 0.25) is 0 Å². The number of benzene rings is 2. The molecule has 0 saturated heterocycles. The van der Waals surface area contributed by atoms with Crippen molar-refractivity contribution in [1.29, 1.82) is 0 Å². The number of fused-ring (bicyclic) bond motifs is 1. The molecule has 1 aliphatic heterocycles. The molecule has 0 aromatic heterocycles. The van der Waals surface area contributed by atoms with Gasteiger partial charge in [0, 0.05) is 21.2 Å². The van der Waals surface area contributed by atoms with E-state index in [1.165, 1.54) is 0 Å². The van der Waals surface area contributed by atoms with Gasteiger partial charge in [0.2, 0.25) is 0 Å². The van der Waals surface area contributed by atoms with E-state index in [1.54, 1.807) is 42.5 Å². The quantitative estimate of drug-likeness (QED) is 0.476. The molecule has 0 bridgehead atoms. The lowest BCUT2D eigenvalue weighted by atomic mass is 9.99. The molecular formula is C16H10BrCl2NO2. The smallest absolute Gasteiger partial charge is 0.195 e. The molecule has 1 aliphatic rings. The van der Waals surface area contributed by atoms with Gasteiger partial charge >= 0.3 is 0 Å². The van der Waals surface area contributed by atoms with Gasteiger partial charge in [-0.05, 0) is 30.3 Å². The highest BCUT2D eigenvalue weighted by molar-refractivity contribution is 9.10. The minimum Gasteiger partial charge on any atom is -0.372 e. The molecule has 1 N–H and O–H groups in total. The van der Waals surface area contributed by atoms with Crippen LogP contribution in [0.25, 0.3) is 0 Å². The number of para-hydroxylation sites is 1. The Bertz CT molecular complexity index is 759. The summed E-state index contributed by atoms with van der Waals surface area (Å²) in [5.74, 6) is -0.160. The minimum atomic E-state index is -1.38. The number of rotatable bonds is 3. The summed E-state index contributed by atoms with van der Waals surface area (Å²) in [7, 11) is 0. The van der Waals surface area contributed by atoms with E-state index in [0.29, 0.717) is 28.7 Å². The third-order valence-corrected chi connectivity index (χ3v) is 5.01. The average molecular weight is 399 g/mol. The van der Waals surface area contributed by atoms with Crippen molar-refractivity contribution in [3.8, 4) is 0 Å². The summed E-state index contributed by atoms with van der Waals surface area (Å²) >= 11 is 15.9. The van der Waals surface area contributed by atoms with Crippen molar-refractivity contribution in [3.05, 3.63) is 63.6 Å². The Morgan fingerprint density at radius 3 is 2.50 bits per heavy atom. The van der Waals surface area contributed by atoms with Crippen LogP contribution in [-0.2, 0) is 9.13 Å². The molecule has 3 rings (SSSR count). The number of halogens is 3. The first-order valence-corrected chi connectivity index (χ1v) is 8.03. The Kier molecular flexibility index (Phi) is 4.02. The molecule has 0 aliphatic carbocycles. The Morgan fingerprint density at radius 2 is 1.86 bits per heavy atom. The predicted octanol–water partition coefficient (Wildman–Crippen LogP) is 4.30. The van der Waals surface area contributed by atoms with E-state index in [1.807, 2.05) is 0 Å². The fourth-order valence-electron chi connectivity index (χ4n) is 2.46. The van der Waals surface area contributed by atoms with Gasteiger partial charge in [0.15, 0.2) is 10.1 Å². The molecule has 0 spiro atoms. The van der Waals surface area contributed by atoms with Crippen LogP contribution >= 0.6 is 39.1 Å². The lowest BCUT2D eigenvalue weighted by Crippen LogP contribution is -2.30. The topological polar surface area (TPSA) is 46.2 Å². The summed E-state index contributed by atoms with van der Waals surface area (Å²) < 4.78 is -0.491. The molecule has 22 heavy (non-hydrogen) atoms. The van der Waals surface area contributed by atoms with Crippen molar-refractivity contribution in [2.75, 3.05) is 5.32 Å². The summed E-state index contributed by atoms with van der Waals surface area (Å²) in [6.45, 7) is 0. The van der Waals surface area contributed by atoms with Crippen LogP contribution in [0, 0.1) is 0 Å². The largest absolute Gasteiger partial charge is 0.372 e. The summed E-state index contributed by atoms with van der Waals surface area (Å²) in [6, 6.07) is 11.4. The molecule has 3 nitrogen and oxygen atoms in total. The second-order valence-corrected chi connectivity index (χ2v) is 7.25. The lowest BCUT2D eigenvalue weighted by Gasteiger charge is -2.16. The number of hydrogen-bond acceptors (Lipinski definition) is 3. The Morgan fingerprint density at radius 1 is 1.18 bits per heavy atom. The molecular weight excluding hydrogens is 389 g/mol. The van der Waals surface area contributed by atoms with Crippen molar-refractivity contribution in [2.24, 2.45) is 0 Å². The van der Waals surface area contributed by atoms with Crippen LogP contribution in [0.4, 0.5) is 5.69 Å². The number of aldehydes is 1. The summed E-state index contributed by atoms with van der Waals surface area (Å²) in [5.41, 5.74) is 2.03. The molecule has 1 heterocycles. The van der Waals surface area contributed by atoms with Crippen molar-refractivity contribution >= 4 is 56.9 Å². The van der Waals surface area contributed by atoms with Gasteiger partial charge in [-0.25, -0.2) is 0 Å². The van der Waals surface area contributed by atoms with E-state index in [2.05, 4.69) is 21.2 Å². The first-order valence-electron chi connectivity index (χ1n) is 6.48. The van der Waals surface area contributed by atoms with Crippen LogP contribution in [-0.4, -0.2) is 18.1 Å². The maximum Gasteiger partial charge on any atom is 0.195 e. The van der Waals surface area contributed by atoms with Crippen molar-refractivity contribution in [1.82, 2.24) is 0 Å². The van der Waals surface area contributed by atoms with Crippen molar-refractivity contribution < 1.29 is 9.59 Å². The highest BCUT2D eigenvalue weighted by Crippen LogP contribution is 2.48. The average Bonchev–Trinajstić information content (AvgIpc) is 2.78. The summed E-state index contributed by atoms with van der Waals surface area (Å²) in [4.78, 5) is 23.9. The van der Waals surface area contributed by atoms with Crippen LogP contribution in [0.1, 0.15) is 21.5 Å². The van der Waals surface area contributed by atoms with Gasteiger partial charge < -0.3 is 10.1 Å². The van der Waals surface area contributed by atoms with Gasteiger partial charge in [-0.15, -0.1) is 0 Å². The second kappa shape index (κ2) is 5.69. The molecule has 1 atom stereocenters. The molecule has 0 amide bonds. The maximum absolute atomic E-state index is 12.7. The normalized spacial score (nSPS) is 18.4. The SMILES string of the molecule is O=CC1Nc2c(C(=O)c3ccc(Br)cc3)cccc2C1(Cl)Cl. The molecule has 1 unspecified atom stereocenters. The maximum atomic E-state index is 12.7. The van der Waals surface area contributed by atoms with E-state index in [4.69, 9.17) is 23.2 Å². The van der Waals surface area contributed by atoms with E-state index >= 15 is 0 Å². The second-order valence-electron chi connectivity index (χ2n) is 4.95. The van der Waals surface area contributed by atoms with E-state index < -0.39 is 10.4 Å². The standard InChI is InChI=1S/C16H10BrCl2NO2/c17-10-6-4-9(5-7-10)15(22)11-2-1-3-12-14(11)20-13(8-21)16(12,18)19/h1-8,13,20H. The highest BCUT2D eigenvalue weighted by Gasteiger charge is 2.45.